The lowest BCUT2D eigenvalue weighted by molar-refractivity contribution is -0.0610. The molecule has 2 aliphatic heterocycles. The lowest BCUT2D eigenvalue weighted by Gasteiger charge is -2.35. The van der Waals surface area contributed by atoms with Gasteiger partial charge in [-0.1, -0.05) is 0 Å². The number of nitrogen functional groups attached to an aromatic ring is 1. The molecule has 2 saturated heterocycles. The van der Waals surface area contributed by atoms with Crippen LogP contribution < -0.4 is 10.5 Å². The Morgan fingerprint density at radius 2 is 1.96 bits per heavy atom. The Kier molecular flexibility index (Phi) is 3.91. The first kappa shape index (κ1) is 17.0. The molecule has 0 amide bonds. The number of pyridine rings is 1. The number of ether oxygens (including phenoxy) is 2. The molecule has 0 spiro atoms. The molecule has 3 aliphatic rings. The van der Waals surface area contributed by atoms with Crippen molar-refractivity contribution in [1.29, 1.82) is 0 Å². The molecule has 0 radical (unpaired) electrons. The molecule has 27 heavy (non-hydrogen) atoms. The van der Waals surface area contributed by atoms with Gasteiger partial charge >= 0.3 is 0 Å². The fourth-order valence-corrected chi connectivity index (χ4v) is 4.70. The van der Waals surface area contributed by atoms with Crippen molar-refractivity contribution in [1.82, 2.24) is 19.7 Å². The molecule has 0 bridgehead atoms. The maximum atomic E-state index is 5.86. The number of aromatic nitrogens is 3. The Morgan fingerprint density at radius 3 is 2.56 bits per heavy atom. The molecule has 1 saturated carbocycles. The molecule has 3 atom stereocenters. The zero-order chi connectivity index (χ0) is 18.7. The molecule has 5 rings (SSSR count). The van der Waals surface area contributed by atoms with E-state index in [9.17, 15) is 0 Å². The van der Waals surface area contributed by atoms with Crippen molar-refractivity contribution >= 4 is 5.82 Å². The van der Waals surface area contributed by atoms with E-state index in [2.05, 4.69) is 34.5 Å². The van der Waals surface area contributed by atoms with E-state index in [0.717, 1.165) is 36.3 Å². The number of piperidine rings is 1. The fraction of sp³-hybridized carbons (Fsp3) is 0.600. The summed E-state index contributed by atoms with van der Waals surface area (Å²) >= 11 is 0. The summed E-state index contributed by atoms with van der Waals surface area (Å²) in [6.07, 6.45) is 1.78. The number of rotatable bonds is 5. The Bertz CT molecular complexity index is 848. The first-order valence-electron chi connectivity index (χ1n) is 9.78. The predicted octanol–water partition coefficient (Wildman–Crippen LogP) is 2.16. The van der Waals surface area contributed by atoms with Crippen molar-refractivity contribution in [2.24, 2.45) is 11.8 Å². The molecule has 4 heterocycles. The Balaban J connectivity index is 1.41. The summed E-state index contributed by atoms with van der Waals surface area (Å²) in [7, 11) is 1.61. The van der Waals surface area contributed by atoms with Gasteiger partial charge < -0.3 is 15.2 Å². The maximum Gasteiger partial charge on any atom is 0.166 e. The third-order valence-corrected chi connectivity index (χ3v) is 6.35. The second kappa shape index (κ2) is 6.21. The van der Waals surface area contributed by atoms with Gasteiger partial charge in [-0.15, -0.1) is 0 Å². The van der Waals surface area contributed by atoms with Crippen LogP contribution in [0.2, 0.25) is 0 Å². The van der Waals surface area contributed by atoms with Gasteiger partial charge in [-0.2, -0.15) is 5.10 Å². The van der Waals surface area contributed by atoms with Crippen molar-refractivity contribution in [3.8, 4) is 17.0 Å². The third kappa shape index (κ3) is 2.72. The van der Waals surface area contributed by atoms with Gasteiger partial charge in [-0.3, -0.25) is 9.58 Å². The van der Waals surface area contributed by atoms with Gasteiger partial charge in [0.15, 0.2) is 11.6 Å². The van der Waals surface area contributed by atoms with Crippen LogP contribution in [0.5, 0.6) is 5.75 Å². The number of fused-ring (bicyclic) bond motifs is 1. The average molecular weight is 369 g/mol. The van der Waals surface area contributed by atoms with Crippen LogP contribution in [0.4, 0.5) is 5.82 Å². The molecule has 3 fully saturated rings. The minimum Gasteiger partial charge on any atom is -0.493 e. The molecule has 144 valence electrons. The number of likely N-dealkylation sites (tertiary alicyclic amines) is 1. The lowest BCUT2D eigenvalue weighted by Crippen LogP contribution is -2.48. The van der Waals surface area contributed by atoms with Crippen molar-refractivity contribution in [2.75, 3.05) is 39.1 Å². The SMILES string of the molecule is COc1cc(-c2cc([C@@H]3[C@@H]4CN(C5COC5)C[C@@H]43)n(C(C)C)n2)cnc1N. The van der Waals surface area contributed by atoms with Gasteiger partial charge in [-0.25, -0.2) is 4.98 Å². The topological polar surface area (TPSA) is 78.4 Å². The van der Waals surface area contributed by atoms with Crippen molar-refractivity contribution < 1.29 is 9.47 Å². The van der Waals surface area contributed by atoms with E-state index in [1.165, 1.54) is 18.8 Å². The number of methoxy groups -OCH3 is 1. The van der Waals surface area contributed by atoms with Crippen LogP contribution in [0.1, 0.15) is 31.5 Å². The van der Waals surface area contributed by atoms with E-state index in [4.69, 9.17) is 20.3 Å². The normalized spacial score (nSPS) is 27.6. The first-order chi connectivity index (χ1) is 13.1. The second-order valence-corrected chi connectivity index (χ2v) is 8.30. The largest absolute Gasteiger partial charge is 0.493 e. The quantitative estimate of drug-likeness (QED) is 0.870. The molecule has 7 nitrogen and oxygen atoms in total. The smallest absolute Gasteiger partial charge is 0.166 e. The fourth-order valence-electron chi connectivity index (χ4n) is 4.70. The van der Waals surface area contributed by atoms with Crippen molar-refractivity contribution in [3.63, 3.8) is 0 Å². The predicted molar refractivity (Wildman–Crippen MR) is 103 cm³/mol. The van der Waals surface area contributed by atoms with E-state index in [1.54, 1.807) is 13.3 Å². The highest BCUT2D eigenvalue weighted by atomic mass is 16.5. The third-order valence-electron chi connectivity index (χ3n) is 6.35. The molecule has 2 aromatic rings. The monoisotopic (exact) mass is 369 g/mol. The van der Waals surface area contributed by atoms with Crippen LogP contribution in [0.25, 0.3) is 11.3 Å². The number of hydrogen-bond acceptors (Lipinski definition) is 6. The van der Waals surface area contributed by atoms with Gasteiger partial charge in [0.1, 0.15) is 0 Å². The van der Waals surface area contributed by atoms with Gasteiger partial charge in [0.05, 0.1) is 32.1 Å². The molecule has 0 unspecified atom stereocenters. The van der Waals surface area contributed by atoms with Crippen molar-refractivity contribution in [2.45, 2.75) is 31.8 Å². The molecular weight excluding hydrogens is 342 g/mol. The Labute approximate surface area is 159 Å². The van der Waals surface area contributed by atoms with Gasteiger partial charge in [0.2, 0.25) is 0 Å². The summed E-state index contributed by atoms with van der Waals surface area (Å²) < 4.78 is 12.9. The van der Waals surface area contributed by atoms with Crippen molar-refractivity contribution in [3.05, 3.63) is 24.0 Å². The Hall–Kier alpha value is -2.12. The van der Waals surface area contributed by atoms with Gasteiger partial charge in [0, 0.05) is 42.5 Å². The molecular formula is C20H27N5O2. The molecule has 0 aromatic carbocycles. The highest BCUT2D eigenvalue weighted by molar-refractivity contribution is 5.64. The summed E-state index contributed by atoms with van der Waals surface area (Å²) in [4.78, 5) is 6.87. The Morgan fingerprint density at radius 1 is 1.22 bits per heavy atom. The van der Waals surface area contributed by atoms with Gasteiger partial charge in [-0.05, 0) is 37.8 Å². The van der Waals surface area contributed by atoms with Crippen LogP contribution >= 0.6 is 0 Å². The molecule has 7 heteroatoms. The number of nitrogens with zero attached hydrogens (tertiary/aromatic N) is 4. The average Bonchev–Trinajstić information content (AvgIpc) is 2.98. The summed E-state index contributed by atoms with van der Waals surface area (Å²) in [5.41, 5.74) is 9.11. The minimum atomic E-state index is 0.329. The summed E-state index contributed by atoms with van der Waals surface area (Å²) in [5.74, 6) is 3.13. The van der Waals surface area contributed by atoms with Crippen LogP contribution in [-0.4, -0.2) is 59.1 Å². The van der Waals surface area contributed by atoms with E-state index >= 15 is 0 Å². The highest BCUT2D eigenvalue weighted by Gasteiger charge is 2.58. The maximum absolute atomic E-state index is 5.86. The summed E-state index contributed by atoms with van der Waals surface area (Å²) in [5, 5.41) is 4.90. The lowest BCUT2D eigenvalue weighted by atomic mass is 10.1. The van der Waals surface area contributed by atoms with Crippen LogP contribution in [0.3, 0.4) is 0 Å². The molecule has 2 aromatic heterocycles. The van der Waals surface area contributed by atoms with Crippen LogP contribution in [0.15, 0.2) is 18.3 Å². The standard InChI is InChI=1S/C20H27N5O2/c1-11(2)25-17(19-14-7-24(8-15(14)19)13-9-27-10-13)5-16(23-25)12-4-18(26-3)20(21)22-6-12/h4-6,11,13-15,19H,7-10H2,1-3H3,(H2,21,22)/t14-,15+,19-. The van der Waals surface area contributed by atoms with E-state index in [1.807, 2.05) is 6.07 Å². The van der Waals surface area contributed by atoms with Crippen LogP contribution in [0, 0.1) is 11.8 Å². The second-order valence-electron chi connectivity index (χ2n) is 8.30. The highest BCUT2D eigenvalue weighted by Crippen LogP contribution is 2.59. The number of nitrogens with two attached hydrogens (primary N) is 1. The summed E-state index contributed by atoms with van der Waals surface area (Å²) in [6.45, 7) is 8.59. The zero-order valence-electron chi connectivity index (χ0n) is 16.1. The van der Waals surface area contributed by atoms with E-state index in [0.29, 0.717) is 29.6 Å². The van der Waals surface area contributed by atoms with Gasteiger partial charge in [0.25, 0.3) is 0 Å². The number of anilines is 1. The van der Waals surface area contributed by atoms with E-state index < -0.39 is 0 Å². The minimum absolute atomic E-state index is 0.329. The first-order valence-corrected chi connectivity index (χ1v) is 9.78. The zero-order valence-corrected chi connectivity index (χ0v) is 16.1. The number of hydrogen-bond donors (Lipinski definition) is 1. The summed E-state index contributed by atoms with van der Waals surface area (Å²) in [6, 6.07) is 5.14. The van der Waals surface area contributed by atoms with Crippen LogP contribution in [-0.2, 0) is 4.74 Å². The van der Waals surface area contributed by atoms with E-state index in [-0.39, 0.29) is 0 Å². The molecule has 1 aliphatic carbocycles. The molecule has 2 N–H and O–H groups in total.